The Hall–Kier alpha value is -0.520. The van der Waals surface area contributed by atoms with Crippen LogP contribution in [0.25, 0.3) is 0 Å². The first-order chi connectivity index (χ1) is 5.54. The maximum atomic E-state index is 2.17. The normalized spacial score (nSPS) is 11.3. The van der Waals surface area contributed by atoms with Crippen LogP contribution in [0.2, 0.25) is 0 Å². The summed E-state index contributed by atoms with van der Waals surface area (Å²) in [7, 11) is 0. The van der Waals surface area contributed by atoms with Crippen LogP contribution in [-0.4, -0.2) is 0 Å². The van der Waals surface area contributed by atoms with Gasteiger partial charge in [-0.1, -0.05) is 52.0 Å². The number of rotatable bonds is 2. The molecule has 12 heavy (non-hydrogen) atoms. The van der Waals surface area contributed by atoms with E-state index in [0.29, 0.717) is 0 Å². The third kappa shape index (κ3) is 22.7. The summed E-state index contributed by atoms with van der Waals surface area (Å²) in [5.74, 6) is 1.44. The molecule has 0 unspecified atom stereocenters. The van der Waals surface area contributed by atoms with Crippen molar-refractivity contribution >= 4 is 0 Å². The van der Waals surface area contributed by atoms with Crippen LogP contribution in [0.3, 0.4) is 0 Å². The van der Waals surface area contributed by atoms with Crippen LogP contribution in [0.4, 0.5) is 0 Å². The molecule has 0 saturated heterocycles. The van der Waals surface area contributed by atoms with Crippen LogP contribution in [0, 0.1) is 11.8 Å². The second-order valence-corrected chi connectivity index (χ2v) is 3.54. The molecule has 0 N–H and O–H groups in total. The van der Waals surface area contributed by atoms with Gasteiger partial charge in [-0.25, -0.2) is 0 Å². The molecule has 0 aliphatic rings. The van der Waals surface area contributed by atoms with Gasteiger partial charge in [-0.05, 0) is 25.7 Å². The first-order valence-corrected chi connectivity index (χ1v) is 4.80. The molecule has 0 fully saturated rings. The van der Waals surface area contributed by atoms with Crippen LogP contribution in [0.5, 0.6) is 0 Å². The fourth-order valence-electron chi connectivity index (χ4n) is 0.770. The van der Waals surface area contributed by atoms with E-state index in [2.05, 4.69) is 52.0 Å². The molecule has 0 bridgehead atoms. The molecule has 0 aliphatic carbocycles. The van der Waals surface area contributed by atoms with Crippen molar-refractivity contribution in [1.29, 1.82) is 0 Å². The summed E-state index contributed by atoms with van der Waals surface area (Å²) in [6.45, 7) is 12.7. The molecule has 0 amide bonds. The number of allylic oxidation sites excluding steroid dienone is 4. The minimum Gasteiger partial charge on any atom is -0.0914 e. The fraction of sp³-hybridized carbons (Fsp3) is 0.667. The quantitative estimate of drug-likeness (QED) is 0.535. The first-order valence-electron chi connectivity index (χ1n) is 4.80. The van der Waals surface area contributed by atoms with E-state index >= 15 is 0 Å². The molecule has 0 heteroatoms. The molecular weight excluding hydrogens is 144 g/mol. The van der Waals surface area contributed by atoms with Crippen molar-refractivity contribution in [2.45, 2.75) is 41.5 Å². The molecule has 0 saturated carbocycles. The maximum absolute atomic E-state index is 2.17. The Balaban J connectivity index is 0. The van der Waals surface area contributed by atoms with Gasteiger partial charge in [0.1, 0.15) is 0 Å². The zero-order chi connectivity index (χ0) is 9.98. The largest absolute Gasteiger partial charge is 0.0914 e. The minimum atomic E-state index is 0.718. The zero-order valence-electron chi connectivity index (χ0n) is 9.46. The lowest BCUT2D eigenvalue weighted by Gasteiger charge is -1.86. The van der Waals surface area contributed by atoms with Gasteiger partial charge >= 0.3 is 0 Å². The molecule has 0 radical (unpaired) electrons. The van der Waals surface area contributed by atoms with E-state index in [4.69, 9.17) is 0 Å². The van der Waals surface area contributed by atoms with Gasteiger partial charge in [-0.3, -0.25) is 0 Å². The summed E-state index contributed by atoms with van der Waals surface area (Å²) in [6.07, 6.45) is 8.48. The van der Waals surface area contributed by atoms with Crippen molar-refractivity contribution in [1.82, 2.24) is 0 Å². The van der Waals surface area contributed by atoms with Crippen LogP contribution >= 0.6 is 0 Å². The highest BCUT2D eigenvalue weighted by atomic mass is 13.8. The van der Waals surface area contributed by atoms with Gasteiger partial charge < -0.3 is 0 Å². The van der Waals surface area contributed by atoms with E-state index in [1.165, 1.54) is 0 Å². The van der Waals surface area contributed by atoms with Gasteiger partial charge in [0, 0.05) is 0 Å². The average molecular weight is 168 g/mol. The lowest BCUT2D eigenvalue weighted by molar-refractivity contribution is 0.830. The van der Waals surface area contributed by atoms with E-state index < -0.39 is 0 Å². The van der Waals surface area contributed by atoms with Gasteiger partial charge in [0.05, 0.1) is 0 Å². The topological polar surface area (TPSA) is 0 Å². The van der Waals surface area contributed by atoms with Crippen molar-refractivity contribution in [2.75, 3.05) is 0 Å². The highest BCUT2D eigenvalue weighted by molar-refractivity contribution is 4.79. The Labute approximate surface area is 78.4 Å². The Bertz CT molecular complexity index is 100. The number of hydrogen-bond donors (Lipinski definition) is 0. The Kier molecular flexibility index (Phi) is 12.3. The third-order valence-electron chi connectivity index (χ3n) is 1.15. The average Bonchev–Trinajstić information content (AvgIpc) is 1.87. The van der Waals surface area contributed by atoms with Crippen LogP contribution in [-0.2, 0) is 0 Å². The van der Waals surface area contributed by atoms with Gasteiger partial charge in [0.15, 0.2) is 0 Å². The summed E-state index contributed by atoms with van der Waals surface area (Å²) < 4.78 is 0. The maximum Gasteiger partial charge on any atom is -0.0291 e. The van der Waals surface area contributed by atoms with Crippen molar-refractivity contribution in [2.24, 2.45) is 11.8 Å². The van der Waals surface area contributed by atoms with Crippen LogP contribution in [0.15, 0.2) is 24.3 Å². The summed E-state index contributed by atoms with van der Waals surface area (Å²) >= 11 is 0. The summed E-state index contributed by atoms with van der Waals surface area (Å²) in [6, 6.07) is 0. The third-order valence-corrected chi connectivity index (χ3v) is 1.15. The fourth-order valence-corrected chi connectivity index (χ4v) is 0.770. The van der Waals surface area contributed by atoms with E-state index in [1.807, 2.05) is 13.8 Å². The molecule has 0 aliphatic heterocycles. The lowest BCUT2D eigenvalue weighted by atomic mass is 10.2. The van der Waals surface area contributed by atoms with Crippen LogP contribution in [0.1, 0.15) is 41.5 Å². The summed E-state index contributed by atoms with van der Waals surface area (Å²) in [5.41, 5.74) is 0. The Morgan fingerprint density at radius 3 is 0.917 bits per heavy atom. The minimum absolute atomic E-state index is 0.718. The molecule has 0 atom stereocenters. The van der Waals surface area contributed by atoms with Gasteiger partial charge in [0.2, 0.25) is 0 Å². The van der Waals surface area contributed by atoms with Crippen molar-refractivity contribution in [3.8, 4) is 0 Å². The molecule has 0 spiro atoms. The Morgan fingerprint density at radius 1 is 0.667 bits per heavy atom. The predicted molar refractivity (Wildman–Crippen MR) is 59.3 cm³/mol. The van der Waals surface area contributed by atoms with Crippen molar-refractivity contribution < 1.29 is 0 Å². The molecule has 0 nitrogen and oxygen atoms in total. The van der Waals surface area contributed by atoms with Crippen molar-refractivity contribution in [3.05, 3.63) is 24.3 Å². The van der Waals surface area contributed by atoms with Gasteiger partial charge in [-0.15, -0.1) is 0 Å². The summed E-state index contributed by atoms with van der Waals surface area (Å²) in [4.78, 5) is 0. The number of hydrogen-bond acceptors (Lipinski definition) is 0. The lowest BCUT2D eigenvalue weighted by Crippen LogP contribution is -1.73. The highest BCUT2D eigenvalue weighted by Crippen LogP contribution is 1.91. The molecule has 72 valence electrons. The van der Waals surface area contributed by atoms with E-state index in [-0.39, 0.29) is 0 Å². The smallest absolute Gasteiger partial charge is 0.0291 e. The molecular formula is C12H24. The predicted octanol–water partition coefficient (Wildman–Crippen LogP) is 4.44. The second kappa shape index (κ2) is 10.5. The highest BCUT2D eigenvalue weighted by Gasteiger charge is 1.76. The van der Waals surface area contributed by atoms with Gasteiger partial charge in [0.25, 0.3) is 0 Å². The standard InChI is InChI=1S/2C6H12/c2*1-4-5-6(2)3/h2*4-6H,1-3H3. The molecule has 0 rings (SSSR count). The molecule has 0 aromatic heterocycles. The molecule has 0 aromatic carbocycles. The second-order valence-electron chi connectivity index (χ2n) is 3.54. The monoisotopic (exact) mass is 168 g/mol. The van der Waals surface area contributed by atoms with Crippen molar-refractivity contribution in [3.63, 3.8) is 0 Å². The molecule has 0 aromatic rings. The first kappa shape index (κ1) is 14.0. The van der Waals surface area contributed by atoms with E-state index in [1.54, 1.807) is 0 Å². The Morgan fingerprint density at radius 2 is 0.917 bits per heavy atom. The zero-order valence-corrected chi connectivity index (χ0v) is 9.46. The van der Waals surface area contributed by atoms with Crippen LogP contribution < -0.4 is 0 Å². The van der Waals surface area contributed by atoms with E-state index in [9.17, 15) is 0 Å². The van der Waals surface area contributed by atoms with Gasteiger partial charge in [-0.2, -0.15) is 0 Å². The molecule has 0 heterocycles. The summed E-state index contributed by atoms with van der Waals surface area (Å²) in [5, 5.41) is 0. The van der Waals surface area contributed by atoms with E-state index in [0.717, 1.165) is 11.8 Å². The SMILES string of the molecule is CC=CC(C)C.CC=CC(C)C.